The summed E-state index contributed by atoms with van der Waals surface area (Å²) in [6.45, 7) is 5.54. The average molecular weight is 369 g/mol. The number of hydrogen-bond acceptors (Lipinski definition) is 6. The van der Waals surface area contributed by atoms with Gasteiger partial charge in [-0.2, -0.15) is 0 Å². The largest absolute Gasteiger partial charge is 0.465 e. The van der Waals surface area contributed by atoms with Crippen molar-refractivity contribution in [2.45, 2.75) is 37.3 Å². The van der Waals surface area contributed by atoms with Crippen LogP contribution in [0.3, 0.4) is 0 Å². The first-order chi connectivity index (χ1) is 12.6. The number of thioether (sulfide) groups is 1. The van der Waals surface area contributed by atoms with Crippen LogP contribution in [0, 0.1) is 6.92 Å². The summed E-state index contributed by atoms with van der Waals surface area (Å²) in [5, 5.41) is 3.77. The van der Waals surface area contributed by atoms with Gasteiger partial charge in [0.25, 0.3) is 5.56 Å². The lowest BCUT2D eigenvalue weighted by molar-refractivity contribution is -0.116. The van der Waals surface area contributed by atoms with Crippen LogP contribution in [0.15, 0.2) is 50.4 Å². The van der Waals surface area contributed by atoms with Crippen LogP contribution in [0.2, 0.25) is 0 Å². The molecule has 2 aromatic rings. The van der Waals surface area contributed by atoms with Crippen molar-refractivity contribution in [1.82, 2.24) is 9.97 Å². The quantitative estimate of drug-likeness (QED) is 0.487. The lowest BCUT2D eigenvalue weighted by Gasteiger charge is -2.31. The van der Waals surface area contributed by atoms with Gasteiger partial charge >= 0.3 is 0 Å². The van der Waals surface area contributed by atoms with Crippen LogP contribution in [0.25, 0.3) is 0 Å². The van der Waals surface area contributed by atoms with E-state index < -0.39 is 5.92 Å². The average Bonchev–Trinajstić information content (AvgIpc) is 3.04. The van der Waals surface area contributed by atoms with E-state index >= 15 is 0 Å². The number of allylic oxidation sites excluding steroid dienone is 2. The number of nitrogens with one attached hydrogen (secondary N) is 2. The van der Waals surface area contributed by atoms with Crippen molar-refractivity contribution < 1.29 is 9.21 Å². The summed E-state index contributed by atoms with van der Waals surface area (Å²) in [6.07, 6.45) is 3.81. The van der Waals surface area contributed by atoms with Crippen molar-refractivity contribution in [3.05, 3.63) is 63.5 Å². The maximum absolute atomic E-state index is 12.9. The van der Waals surface area contributed by atoms with E-state index in [1.165, 1.54) is 11.8 Å². The summed E-state index contributed by atoms with van der Waals surface area (Å²) in [5.74, 6) is 2.05. The zero-order chi connectivity index (χ0) is 18.3. The molecule has 2 aliphatic rings. The zero-order valence-corrected chi connectivity index (χ0v) is 15.2. The van der Waals surface area contributed by atoms with E-state index in [0.717, 1.165) is 24.3 Å². The number of hydrogen-bond donors (Lipinski definition) is 2. The Morgan fingerprint density at radius 2 is 2.23 bits per heavy atom. The van der Waals surface area contributed by atoms with Crippen LogP contribution >= 0.6 is 11.8 Å². The van der Waals surface area contributed by atoms with E-state index in [2.05, 4.69) is 21.9 Å². The first kappa shape index (κ1) is 16.9. The number of anilines is 1. The second kappa shape index (κ2) is 6.64. The van der Waals surface area contributed by atoms with E-state index in [9.17, 15) is 9.59 Å². The highest BCUT2D eigenvalue weighted by Gasteiger charge is 2.39. The number of ketones is 1. The Morgan fingerprint density at radius 3 is 2.96 bits per heavy atom. The molecule has 0 amide bonds. The van der Waals surface area contributed by atoms with Gasteiger partial charge in [-0.05, 0) is 31.9 Å². The minimum absolute atomic E-state index is 0.0629. The third-order valence-corrected chi connectivity index (χ3v) is 5.49. The van der Waals surface area contributed by atoms with Gasteiger partial charge in [0.1, 0.15) is 17.3 Å². The van der Waals surface area contributed by atoms with E-state index in [4.69, 9.17) is 4.42 Å². The third-order valence-electron chi connectivity index (χ3n) is 4.62. The number of fused-ring (bicyclic) bond motifs is 1. The topological polar surface area (TPSA) is 88.0 Å². The minimum Gasteiger partial charge on any atom is -0.465 e. The van der Waals surface area contributed by atoms with Gasteiger partial charge in [-0.3, -0.25) is 9.59 Å². The normalized spacial score (nSPS) is 19.0. The van der Waals surface area contributed by atoms with Gasteiger partial charge in [-0.1, -0.05) is 17.8 Å². The molecule has 2 aromatic heterocycles. The lowest BCUT2D eigenvalue weighted by Crippen LogP contribution is -2.32. The predicted molar refractivity (Wildman–Crippen MR) is 101 cm³/mol. The van der Waals surface area contributed by atoms with Gasteiger partial charge in [-0.25, -0.2) is 4.98 Å². The van der Waals surface area contributed by atoms with E-state index in [1.54, 1.807) is 6.08 Å². The van der Waals surface area contributed by atoms with Crippen LogP contribution in [0.1, 0.15) is 42.3 Å². The summed E-state index contributed by atoms with van der Waals surface area (Å²) in [4.78, 5) is 32.9. The fraction of sp³-hybridized carbons (Fsp3) is 0.316. The molecule has 0 saturated carbocycles. The molecule has 1 aliphatic heterocycles. The molecule has 1 atom stereocenters. The number of aryl methyl sites for hydroxylation is 1. The van der Waals surface area contributed by atoms with Crippen molar-refractivity contribution >= 4 is 23.4 Å². The van der Waals surface area contributed by atoms with Crippen molar-refractivity contribution in [2.24, 2.45) is 0 Å². The Labute approximate surface area is 154 Å². The Bertz CT molecular complexity index is 986. The summed E-state index contributed by atoms with van der Waals surface area (Å²) < 4.78 is 5.81. The number of aromatic nitrogens is 2. The standard InChI is InChI=1S/C19H19N3O3S/c1-3-9-26-19-21-17-16(18(24)22-19)15(13-8-7-10(2)25-13)14-11(20-17)5-4-6-12(14)23/h3,7-8,15H,1,4-6,9H2,2H3,(H2,20,21,22,24)/t15-/m1/s1. The molecular formula is C19H19N3O3S. The molecule has 0 bridgehead atoms. The molecule has 3 heterocycles. The Balaban J connectivity index is 1.90. The molecule has 0 aromatic carbocycles. The van der Waals surface area contributed by atoms with Crippen molar-refractivity contribution in [2.75, 3.05) is 11.1 Å². The Hall–Kier alpha value is -2.54. The highest BCUT2D eigenvalue weighted by Crippen LogP contribution is 2.43. The first-order valence-corrected chi connectivity index (χ1v) is 9.54. The second-order valence-corrected chi connectivity index (χ2v) is 7.42. The van der Waals surface area contributed by atoms with Gasteiger partial charge < -0.3 is 14.7 Å². The lowest BCUT2D eigenvalue weighted by atomic mass is 9.79. The molecule has 134 valence electrons. The molecule has 26 heavy (non-hydrogen) atoms. The highest BCUT2D eigenvalue weighted by molar-refractivity contribution is 7.99. The van der Waals surface area contributed by atoms with Gasteiger partial charge in [0.15, 0.2) is 10.9 Å². The van der Waals surface area contributed by atoms with Gasteiger partial charge in [0, 0.05) is 23.4 Å². The molecule has 2 N–H and O–H groups in total. The number of carbonyl (C=O) groups is 1. The van der Waals surface area contributed by atoms with E-state index in [1.807, 2.05) is 19.1 Å². The fourth-order valence-corrected chi connectivity index (χ4v) is 4.14. The summed E-state index contributed by atoms with van der Waals surface area (Å²) in [6, 6.07) is 3.68. The van der Waals surface area contributed by atoms with Crippen molar-refractivity contribution in [1.29, 1.82) is 0 Å². The van der Waals surface area contributed by atoms with Gasteiger partial charge in [0.2, 0.25) is 0 Å². The number of H-pyrrole nitrogens is 1. The summed E-state index contributed by atoms with van der Waals surface area (Å²) in [7, 11) is 0. The summed E-state index contributed by atoms with van der Waals surface area (Å²) in [5.41, 5.74) is 1.68. The van der Waals surface area contributed by atoms with E-state index in [-0.39, 0.29) is 11.3 Å². The monoisotopic (exact) mass is 369 g/mol. The van der Waals surface area contributed by atoms with Crippen molar-refractivity contribution in [3.63, 3.8) is 0 Å². The maximum atomic E-state index is 12.9. The molecule has 0 radical (unpaired) electrons. The molecule has 0 unspecified atom stereocenters. The summed E-state index contributed by atoms with van der Waals surface area (Å²) >= 11 is 1.41. The fourth-order valence-electron chi connectivity index (χ4n) is 3.54. The number of rotatable bonds is 4. The molecule has 0 fully saturated rings. The van der Waals surface area contributed by atoms with Gasteiger partial charge in [-0.15, -0.1) is 6.58 Å². The number of aromatic amines is 1. The van der Waals surface area contributed by atoms with Crippen molar-refractivity contribution in [3.8, 4) is 0 Å². The van der Waals surface area contributed by atoms with Crippen LogP contribution < -0.4 is 10.9 Å². The minimum atomic E-state index is -0.516. The zero-order valence-electron chi connectivity index (χ0n) is 14.4. The SMILES string of the molecule is C=CCSc1nc2c(c(=O)[nH]1)[C@H](c1ccc(C)o1)C1=C(CCCC1=O)N2. The first-order valence-electron chi connectivity index (χ1n) is 8.56. The molecule has 4 rings (SSSR count). The molecular weight excluding hydrogens is 350 g/mol. The van der Waals surface area contributed by atoms with E-state index in [0.29, 0.717) is 40.0 Å². The number of Topliss-reactive ketones (excluding diaryl/α,β-unsaturated/α-hetero) is 1. The smallest absolute Gasteiger partial charge is 0.257 e. The Morgan fingerprint density at radius 1 is 1.38 bits per heavy atom. The number of furan rings is 1. The van der Waals surface area contributed by atoms with Crippen LogP contribution in [0.5, 0.6) is 0 Å². The number of carbonyl (C=O) groups excluding carboxylic acids is 1. The highest BCUT2D eigenvalue weighted by atomic mass is 32.2. The molecule has 7 heteroatoms. The molecule has 1 aliphatic carbocycles. The van der Waals surface area contributed by atoms with Gasteiger partial charge in [0.05, 0.1) is 11.5 Å². The third kappa shape index (κ3) is 2.82. The number of nitrogens with zero attached hydrogens (tertiary/aromatic N) is 1. The van der Waals surface area contributed by atoms with Crippen LogP contribution in [-0.4, -0.2) is 21.5 Å². The maximum Gasteiger partial charge on any atom is 0.257 e. The predicted octanol–water partition coefficient (Wildman–Crippen LogP) is 3.51. The van der Waals surface area contributed by atoms with Crippen LogP contribution in [0.4, 0.5) is 5.82 Å². The second-order valence-electron chi connectivity index (χ2n) is 6.41. The molecule has 6 nitrogen and oxygen atoms in total. The molecule has 0 spiro atoms. The Kier molecular flexibility index (Phi) is 4.32. The molecule has 0 saturated heterocycles. The van der Waals surface area contributed by atoms with Crippen LogP contribution in [-0.2, 0) is 4.79 Å².